The van der Waals surface area contributed by atoms with Crippen LogP contribution < -0.4 is 10.1 Å². The molecule has 1 heterocycles. The summed E-state index contributed by atoms with van der Waals surface area (Å²) in [5.41, 5.74) is 2.21. The molecule has 20 heavy (non-hydrogen) atoms. The van der Waals surface area contributed by atoms with Crippen LogP contribution >= 0.6 is 0 Å². The van der Waals surface area contributed by atoms with Crippen molar-refractivity contribution >= 4 is 0 Å². The first-order valence-electron chi connectivity index (χ1n) is 6.49. The van der Waals surface area contributed by atoms with Crippen LogP contribution in [0.4, 0.5) is 4.39 Å². The zero-order valence-electron chi connectivity index (χ0n) is 11.9. The number of methoxy groups -OCH3 is 1. The zero-order valence-corrected chi connectivity index (χ0v) is 11.9. The van der Waals surface area contributed by atoms with Crippen molar-refractivity contribution in [2.75, 3.05) is 7.11 Å². The molecular weight excluding hydrogens is 257 g/mol. The van der Waals surface area contributed by atoms with Gasteiger partial charge >= 0.3 is 0 Å². The maximum absolute atomic E-state index is 13.6. The van der Waals surface area contributed by atoms with Gasteiger partial charge in [-0.25, -0.2) is 14.4 Å². The maximum Gasteiger partial charge on any atom is 0.240 e. The average Bonchev–Trinajstić information content (AvgIpc) is 2.45. The van der Waals surface area contributed by atoms with E-state index in [9.17, 15) is 4.39 Å². The van der Waals surface area contributed by atoms with Crippen LogP contribution in [0.25, 0.3) is 11.3 Å². The first-order chi connectivity index (χ1) is 9.61. The molecule has 0 fully saturated rings. The van der Waals surface area contributed by atoms with E-state index in [0.29, 0.717) is 29.7 Å². The van der Waals surface area contributed by atoms with Crippen molar-refractivity contribution in [1.82, 2.24) is 15.3 Å². The fourth-order valence-corrected chi connectivity index (χ4v) is 1.90. The van der Waals surface area contributed by atoms with Crippen molar-refractivity contribution in [2.45, 2.75) is 26.4 Å². The predicted molar refractivity (Wildman–Crippen MR) is 76.0 cm³/mol. The van der Waals surface area contributed by atoms with E-state index in [2.05, 4.69) is 29.1 Å². The molecular formula is C15H18FN3O. The maximum atomic E-state index is 13.6. The SMILES string of the molecule is COc1nccnc1-c1cc(F)ccc1CNC(C)C. The van der Waals surface area contributed by atoms with Crippen LogP contribution in [0, 0.1) is 5.82 Å². The number of aromatic nitrogens is 2. The van der Waals surface area contributed by atoms with Crippen molar-refractivity contribution in [3.05, 3.63) is 42.0 Å². The molecule has 0 saturated heterocycles. The molecule has 0 atom stereocenters. The van der Waals surface area contributed by atoms with Gasteiger partial charge in [0.2, 0.25) is 5.88 Å². The Labute approximate surface area is 118 Å². The first-order valence-corrected chi connectivity index (χ1v) is 6.49. The van der Waals surface area contributed by atoms with E-state index in [1.807, 2.05) is 0 Å². The van der Waals surface area contributed by atoms with Gasteiger partial charge in [-0.2, -0.15) is 0 Å². The largest absolute Gasteiger partial charge is 0.479 e. The van der Waals surface area contributed by atoms with Crippen molar-refractivity contribution in [3.8, 4) is 17.1 Å². The summed E-state index contributed by atoms with van der Waals surface area (Å²) in [5.74, 6) is 0.0879. The van der Waals surface area contributed by atoms with Crippen LogP contribution in [0.2, 0.25) is 0 Å². The molecule has 106 valence electrons. The number of benzene rings is 1. The number of ether oxygens (including phenoxy) is 1. The van der Waals surface area contributed by atoms with Gasteiger partial charge in [-0.05, 0) is 17.7 Å². The molecule has 0 spiro atoms. The number of hydrogen-bond acceptors (Lipinski definition) is 4. The topological polar surface area (TPSA) is 47.0 Å². The Balaban J connectivity index is 2.45. The summed E-state index contributed by atoms with van der Waals surface area (Å²) < 4.78 is 18.8. The van der Waals surface area contributed by atoms with Crippen molar-refractivity contribution < 1.29 is 9.13 Å². The van der Waals surface area contributed by atoms with Gasteiger partial charge in [-0.15, -0.1) is 0 Å². The monoisotopic (exact) mass is 275 g/mol. The van der Waals surface area contributed by atoms with Gasteiger partial charge < -0.3 is 10.1 Å². The highest BCUT2D eigenvalue weighted by Gasteiger charge is 2.14. The fourth-order valence-electron chi connectivity index (χ4n) is 1.90. The van der Waals surface area contributed by atoms with Gasteiger partial charge in [-0.3, -0.25) is 0 Å². The van der Waals surface area contributed by atoms with Gasteiger partial charge in [0.15, 0.2) is 0 Å². The van der Waals surface area contributed by atoms with Crippen LogP contribution in [0.3, 0.4) is 0 Å². The summed E-state index contributed by atoms with van der Waals surface area (Å²) in [6.07, 6.45) is 3.12. The van der Waals surface area contributed by atoms with Crippen molar-refractivity contribution in [1.29, 1.82) is 0 Å². The molecule has 0 unspecified atom stereocenters. The average molecular weight is 275 g/mol. The molecule has 2 aromatic rings. The predicted octanol–water partition coefficient (Wildman–Crippen LogP) is 2.79. The highest BCUT2D eigenvalue weighted by Crippen LogP contribution is 2.29. The first kappa shape index (κ1) is 14.4. The Morgan fingerprint density at radius 1 is 1.25 bits per heavy atom. The molecule has 0 aliphatic heterocycles. The van der Waals surface area contributed by atoms with Gasteiger partial charge in [0.25, 0.3) is 0 Å². The highest BCUT2D eigenvalue weighted by atomic mass is 19.1. The number of rotatable bonds is 5. The lowest BCUT2D eigenvalue weighted by Gasteiger charge is -2.13. The summed E-state index contributed by atoms with van der Waals surface area (Å²) in [7, 11) is 1.53. The van der Waals surface area contributed by atoms with Crippen molar-refractivity contribution in [2.24, 2.45) is 0 Å². The van der Waals surface area contributed by atoms with Gasteiger partial charge in [0.05, 0.1) is 7.11 Å². The molecule has 0 amide bonds. The third kappa shape index (κ3) is 3.30. The molecule has 1 aromatic heterocycles. The Hall–Kier alpha value is -2.01. The minimum atomic E-state index is -0.305. The number of nitrogens with one attached hydrogen (secondary N) is 1. The van der Waals surface area contributed by atoms with Crippen LogP contribution in [0.15, 0.2) is 30.6 Å². The standard InChI is InChI=1S/C15H18FN3O/c1-10(2)19-9-11-4-5-12(16)8-13(11)14-15(20-3)18-7-6-17-14/h4-8,10,19H,9H2,1-3H3. The summed E-state index contributed by atoms with van der Waals surface area (Å²) in [4.78, 5) is 8.38. The smallest absolute Gasteiger partial charge is 0.240 e. The van der Waals surface area contributed by atoms with E-state index in [1.54, 1.807) is 18.5 Å². The Morgan fingerprint density at radius 3 is 2.70 bits per heavy atom. The molecule has 0 aliphatic rings. The molecule has 0 radical (unpaired) electrons. The third-order valence-electron chi connectivity index (χ3n) is 2.89. The van der Waals surface area contributed by atoms with E-state index in [1.165, 1.54) is 19.2 Å². The Bertz CT molecular complexity index is 587. The lowest BCUT2D eigenvalue weighted by molar-refractivity contribution is 0.397. The minimum absolute atomic E-state index is 0.305. The Kier molecular flexibility index (Phi) is 4.63. The van der Waals surface area contributed by atoms with E-state index in [0.717, 1.165) is 5.56 Å². The summed E-state index contributed by atoms with van der Waals surface area (Å²) in [6.45, 7) is 4.76. The van der Waals surface area contributed by atoms with Crippen LogP contribution in [-0.4, -0.2) is 23.1 Å². The molecule has 0 bridgehead atoms. The van der Waals surface area contributed by atoms with Gasteiger partial charge in [-0.1, -0.05) is 19.9 Å². The third-order valence-corrected chi connectivity index (χ3v) is 2.89. The Morgan fingerprint density at radius 2 is 2.00 bits per heavy atom. The van der Waals surface area contributed by atoms with E-state index in [4.69, 9.17) is 4.74 Å². The summed E-state index contributed by atoms with van der Waals surface area (Å²) in [5, 5.41) is 3.32. The second-order valence-electron chi connectivity index (χ2n) is 4.75. The molecule has 2 rings (SSSR count). The normalized spacial score (nSPS) is 10.8. The van der Waals surface area contributed by atoms with E-state index in [-0.39, 0.29) is 5.82 Å². The molecule has 4 nitrogen and oxygen atoms in total. The second-order valence-corrected chi connectivity index (χ2v) is 4.75. The number of hydrogen-bond donors (Lipinski definition) is 1. The molecule has 0 aliphatic carbocycles. The molecule has 0 saturated carbocycles. The molecule has 5 heteroatoms. The van der Waals surface area contributed by atoms with Crippen LogP contribution in [0.5, 0.6) is 5.88 Å². The number of nitrogens with zero attached hydrogens (tertiary/aromatic N) is 2. The van der Waals surface area contributed by atoms with Crippen LogP contribution in [0.1, 0.15) is 19.4 Å². The minimum Gasteiger partial charge on any atom is -0.479 e. The fraction of sp³-hybridized carbons (Fsp3) is 0.333. The highest BCUT2D eigenvalue weighted by molar-refractivity contribution is 5.68. The van der Waals surface area contributed by atoms with Crippen molar-refractivity contribution in [3.63, 3.8) is 0 Å². The second kappa shape index (κ2) is 6.43. The lowest BCUT2D eigenvalue weighted by Crippen LogP contribution is -2.22. The van der Waals surface area contributed by atoms with Crippen LogP contribution in [-0.2, 0) is 6.54 Å². The zero-order chi connectivity index (χ0) is 14.5. The lowest BCUT2D eigenvalue weighted by atomic mass is 10.0. The molecule has 1 aromatic carbocycles. The summed E-state index contributed by atoms with van der Waals surface area (Å²) >= 11 is 0. The van der Waals surface area contributed by atoms with E-state index >= 15 is 0 Å². The number of halogens is 1. The van der Waals surface area contributed by atoms with Gasteiger partial charge in [0.1, 0.15) is 11.5 Å². The quantitative estimate of drug-likeness (QED) is 0.911. The van der Waals surface area contributed by atoms with E-state index < -0.39 is 0 Å². The molecule has 1 N–H and O–H groups in total. The van der Waals surface area contributed by atoms with Gasteiger partial charge in [0, 0.05) is 30.5 Å². The summed E-state index contributed by atoms with van der Waals surface area (Å²) in [6, 6.07) is 5.01.